The minimum Gasteiger partial charge on any atom is -0.444 e. The largest absolute Gasteiger partial charge is 0.444 e. The first kappa shape index (κ1) is 14.5. The first-order chi connectivity index (χ1) is 9.28. The molecule has 2 N–H and O–H groups in total. The normalized spacial score (nSPS) is 22.1. The van der Waals surface area contributed by atoms with Gasteiger partial charge in [0.15, 0.2) is 5.78 Å². The number of Topliss-reactive ketones (excluding diaryl/α,β-unsaturated/α-hetero) is 1. The Bertz CT molecular complexity index is 533. The number of aliphatic hydroxyl groups excluding tert-OH is 1. The molecule has 2 atom stereocenters. The summed E-state index contributed by atoms with van der Waals surface area (Å²) in [5, 5.41) is 12.5. The number of ether oxygens (including phenoxy) is 1. The molecule has 108 valence electrons. The van der Waals surface area contributed by atoms with Crippen LogP contribution in [0.25, 0.3) is 0 Å². The van der Waals surface area contributed by atoms with Crippen LogP contribution < -0.4 is 5.32 Å². The molecule has 2 rings (SSSR count). The number of carbonyl (C=O) groups is 2. The summed E-state index contributed by atoms with van der Waals surface area (Å²) >= 11 is 0. The second-order valence-corrected chi connectivity index (χ2v) is 5.89. The smallest absolute Gasteiger partial charge is 0.408 e. The van der Waals surface area contributed by atoms with Crippen LogP contribution in [0.5, 0.6) is 0 Å². The van der Waals surface area contributed by atoms with Gasteiger partial charge in [0, 0.05) is 6.42 Å². The van der Waals surface area contributed by atoms with Crippen molar-refractivity contribution in [2.24, 2.45) is 0 Å². The lowest BCUT2D eigenvalue weighted by atomic mass is 9.85. The zero-order valence-electron chi connectivity index (χ0n) is 11.8. The molecule has 5 nitrogen and oxygen atoms in total. The van der Waals surface area contributed by atoms with Gasteiger partial charge in [-0.1, -0.05) is 24.3 Å². The van der Waals surface area contributed by atoms with Gasteiger partial charge in [-0.2, -0.15) is 0 Å². The number of hydrogen-bond donors (Lipinski definition) is 2. The van der Waals surface area contributed by atoms with Crippen LogP contribution >= 0.6 is 0 Å². The molecule has 0 spiro atoms. The van der Waals surface area contributed by atoms with Crippen LogP contribution in [-0.4, -0.2) is 22.6 Å². The minimum absolute atomic E-state index is 0.00250. The van der Waals surface area contributed by atoms with E-state index in [1.54, 1.807) is 45.0 Å². The standard InChI is InChI=1S/C15H19NO4/c1-15(2,3)20-14(19)16-13-10-7-5-4-6-9(10)11(17)8-12(13)18/h4-7,11,13,17H,8H2,1-3H3,(H,16,19)/t11-,13?/m1/s1. The number of carbonyl (C=O) groups excluding carboxylic acids is 2. The fourth-order valence-corrected chi connectivity index (χ4v) is 2.25. The lowest BCUT2D eigenvalue weighted by Gasteiger charge is -2.29. The number of alkyl carbamates (subject to hydrolysis) is 1. The first-order valence-corrected chi connectivity index (χ1v) is 6.57. The maximum Gasteiger partial charge on any atom is 0.408 e. The Kier molecular flexibility index (Phi) is 3.81. The summed E-state index contributed by atoms with van der Waals surface area (Å²) in [4.78, 5) is 23.9. The van der Waals surface area contributed by atoms with E-state index in [1.807, 2.05) is 0 Å². The molecule has 0 aromatic heterocycles. The van der Waals surface area contributed by atoms with Gasteiger partial charge in [0.25, 0.3) is 0 Å². The van der Waals surface area contributed by atoms with Gasteiger partial charge in [0.1, 0.15) is 11.6 Å². The lowest BCUT2D eigenvalue weighted by Crippen LogP contribution is -2.40. The van der Waals surface area contributed by atoms with Gasteiger partial charge in [0.2, 0.25) is 0 Å². The van der Waals surface area contributed by atoms with E-state index in [-0.39, 0.29) is 12.2 Å². The van der Waals surface area contributed by atoms with Crippen LogP contribution in [0.1, 0.15) is 50.5 Å². The average molecular weight is 277 g/mol. The Balaban J connectivity index is 2.21. The number of benzene rings is 1. The molecular formula is C15H19NO4. The Hall–Kier alpha value is -1.88. The van der Waals surface area contributed by atoms with E-state index in [0.29, 0.717) is 11.1 Å². The number of ketones is 1. The quantitative estimate of drug-likeness (QED) is 0.825. The Morgan fingerprint density at radius 3 is 2.50 bits per heavy atom. The van der Waals surface area contributed by atoms with Crippen molar-refractivity contribution in [2.75, 3.05) is 0 Å². The second kappa shape index (κ2) is 5.25. The molecule has 0 aliphatic heterocycles. The molecule has 5 heteroatoms. The Labute approximate surface area is 117 Å². The van der Waals surface area contributed by atoms with E-state index >= 15 is 0 Å². The molecule has 0 radical (unpaired) electrons. The van der Waals surface area contributed by atoms with Gasteiger partial charge in [0.05, 0.1) is 6.10 Å². The maximum atomic E-state index is 12.0. The third-order valence-corrected chi connectivity index (χ3v) is 3.04. The van der Waals surface area contributed by atoms with Gasteiger partial charge in [-0.3, -0.25) is 4.79 Å². The Morgan fingerprint density at radius 2 is 1.90 bits per heavy atom. The number of amides is 1. The van der Waals surface area contributed by atoms with E-state index in [0.717, 1.165) is 0 Å². The number of nitrogens with one attached hydrogen (secondary N) is 1. The predicted molar refractivity (Wildman–Crippen MR) is 73.1 cm³/mol. The molecule has 20 heavy (non-hydrogen) atoms. The molecule has 0 saturated heterocycles. The van der Waals surface area contributed by atoms with Crippen molar-refractivity contribution in [3.63, 3.8) is 0 Å². The van der Waals surface area contributed by atoms with Gasteiger partial charge >= 0.3 is 6.09 Å². The molecule has 0 saturated carbocycles. The molecule has 0 heterocycles. The monoisotopic (exact) mass is 277 g/mol. The number of rotatable bonds is 1. The molecule has 0 bridgehead atoms. The summed E-state index contributed by atoms with van der Waals surface area (Å²) < 4.78 is 5.17. The minimum atomic E-state index is -0.810. The van der Waals surface area contributed by atoms with E-state index in [2.05, 4.69) is 5.32 Å². The average Bonchev–Trinajstić information content (AvgIpc) is 2.32. The van der Waals surface area contributed by atoms with Crippen LogP contribution in [-0.2, 0) is 9.53 Å². The van der Waals surface area contributed by atoms with Crippen molar-refractivity contribution < 1.29 is 19.4 Å². The Morgan fingerprint density at radius 1 is 1.30 bits per heavy atom. The molecule has 1 aromatic carbocycles. The van der Waals surface area contributed by atoms with Gasteiger partial charge in [-0.25, -0.2) is 4.79 Å². The molecule has 0 fully saturated rings. The highest BCUT2D eigenvalue weighted by Crippen LogP contribution is 2.33. The molecule has 1 unspecified atom stereocenters. The van der Waals surface area contributed by atoms with Crippen LogP contribution in [0, 0.1) is 0 Å². The third kappa shape index (κ3) is 3.17. The van der Waals surface area contributed by atoms with Crippen molar-refractivity contribution >= 4 is 11.9 Å². The number of fused-ring (bicyclic) bond motifs is 1. The fraction of sp³-hybridized carbons (Fsp3) is 0.467. The van der Waals surface area contributed by atoms with E-state index in [1.165, 1.54) is 0 Å². The fourth-order valence-electron chi connectivity index (χ4n) is 2.25. The third-order valence-electron chi connectivity index (χ3n) is 3.04. The summed E-state index contributed by atoms with van der Waals surface area (Å²) in [6.07, 6.45) is -1.45. The number of hydrogen-bond acceptors (Lipinski definition) is 4. The molecular weight excluding hydrogens is 258 g/mol. The van der Waals surface area contributed by atoms with Gasteiger partial charge < -0.3 is 15.2 Å². The van der Waals surface area contributed by atoms with E-state index < -0.39 is 23.8 Å². The summed E-state index contributed by atoms with van der Waals surface area (Å²) in [7, 11) is 0. The van der Waals surface area contributed by atoms with Gasteiger partial charge in [-0.05, 0) is 31.9 Å². The highest BCUT2D eigenvalue weighted by molar-refractivity contribution is 5.91. The molecule has 1 amide bonds. The molecule has 1 aliphatic carbocycles. The van der Waals surface area contributed by atoms with Crippen LogP contribution in [0.15, 0.2) is 24.3 Å². The summed E-state index contributed by atoms with van der Waals surface area (Å²) in [5.41, 5.74) is 0.677. The first-order valence-electron chi connectivity index (χ1n) is 6.57. The summed E-state index contributed by atoms with van der Waals surface area (Å²) in [6.45, 7) is 5.27. The highest BCUT2D eigenvalue weighted by Gasteiger charge is 2.34. The number of aliphatic hydroxyl groups is 1. The van der Waals surface area contributed by atoms with Crippen molar-refractivity contribution in [3.8, 4) is 0 Å². The van der Waals surface area contributed by atoms with Crippen molar-refractivity contribution in [3.05, 3.63) is 35.4 Å². The predicted octanol–water partition coefficient (Wildman–Crippen LogP) is 2.26. The topological polar surface area (TPSA) is 75.6 Å². The van der Waals surface area contributed by atoms with Gasteiger partial charge in [-0.15, -0.1) is 0 Å². The summed E-state index contributed by atoms with van der Waals surface area (Å²) in [6, 6.07) is 6.30. The van der Waals surface area contributed by atoms with E-state index in [9.17, 15) is 14.7 Å². The zero-order valence-corrected chi connectivity index (χ0v) is 11.8. The van der Waals surface area contributed by atoms with Crippen molar-refractivity contribution in [2.45, 2.75) is 44.9 Å². The van der Waals surface area contributed by atoms with Crippen molar-refractivity contribution in [1.82, 2.24) is 5.32 Å². The van der Waals surface area contributed by atoms with Crippen LogP contribution in [0.3, 0.4) is 0 Å². The lowest BCUT2D eigenvalue weighted by molar-refractivity contribution is -0.124. The van der Waals surface area contributed by atoms with Crippen LogP contribution in [0.4, 0.5) is 4.79 Å². The van der Waals surface area contributed by atoms with E-state index in [4.69, 9.17) is 4.74 Å². The van der Waals surface area contributed by atoms with Crippen LogP contribution in [0.2, 0.25) is 0 Å². The molecule has 1 aromatic rings. The van der Waals surface area contributed by atoms with Crippen molar-refractivity contribution in [1.29, 1.82) is 0 Å². The molecule has 1 aliphatic rings. The highest BCUT2D eigenvalue weighted by atomic mass is 16.6. The SMILES string of the molecule is CC(C)(C)OC(=O)NC1C(=O)C[C@@H](O)c2ccccc21. The maximum absolute atomic E-state index is 12.0. The summed E-state index contributed by atoms with van der Waals surface area (Å²) in [5.74, 6) is -0.220. The zero-order chi connectivity index (χ0) is 14.9. The second-order valence-electron chi connectivity index (χ2n) is 5.89.